The van der Waals surface area contributed by atoms with E-state index in [0.717, 1.165) is 19.5 Å². The summed E-state index contributed by atoms with van der Waals surface area (Å²) in [5, 5.41) is 13.1. The third-order valence-corrected chi connectivity index (χ3v) is 6.55. The quantitative estimate of drug-likeness (QED) is 0.411. The maximum atomic E-state index is 14.3. The molecule has 0 spiro atoms. The van der Waals surface area contributed by atoms with Crippen molar-refractivity contribution in [2.75, 3.05) is 29.7 Å². The Balaban J connectivity index is 1.80. The summed E-state index contributed by atoms with van der Waals surface area (Å²) < 4.78 is 31.4. The highest BCUT2D eigenvalue weighted by Gasteiger charge is 2.22. The average Bonchev–Trinajstić information content (AvgIpc) is 2.61. The Kier molecular flexibility index (Phi) is 7.10. The van der Waals surface area contributed by atoms with Gasteiger partial charge in [0.15, 0.2) is 16.3 Å². The van der Waals surface area contributed by atoms with E-state index in [2.05, 4.69) is 20.0 Å². The van der Waals surface area contributed by atoms with E-state index >= 15 is 0 Å². The predicted octanol–water partition coefficient (Wildman–Crippen LogP) is 3.10. The first kappa shape index (κ1) is 21.9. The molecule has 0 amide bonds. The third kappa shape index (κ3) is 5.88. The molecule has 1 fully saturated rings. The number of hydrogen-bond donors (Lipinski definition) is 3. The molecule has 1 aromatic carbocycles. The minimum absolute atomic E-state index is 0.0869. The van der Waals surface area contributed by atoms with Crippen LogP contribution in [-0.4, -0.2) is 48.8 Å². The molecule has 2 heterocycles. The molecule has 158 valence electrons. The summed E-state index contributed by atoms with van der Waals surface area (Å²) in [4.78, 5) is 8.91. The molecule has 10 heteroatoms. The van der Waals surface area contributed by atoms with Gasteiger partial charge in [0.25, 0.3) is 0 Å². The lowest BCUT2D eigenvalue weighted by atomic mass is 10.1. The monoisotopic (exact) mass is 439 g/mol. The van der Waals surface area contributed by atoms with Gasteiger partial charge in [0.05, 0.1) is 12.1 Å². The fourth-order valence-electron chi connectivity index (χ4n) is 2.56. The van der Waals surface area contributed by atoms with Crippen LogP contribution in [-0.2, 0) is 16.9 Å². The van der Waals surface area contributed by atoms with E-state index in [4.69, 9.17) is 0 Å². The smallest absolute Gasteiger partial charge is 0.197 e. The Morgan fingerprint density at radius 2 is 2.03 bits per heavy atom. The number of hydrogen-bond acceptors (Lipinski definition) is 6. The molecule has 7 nitrogen and oxygen atoms in total. The fraction of sp³-hybridized carbons (Fsp3) is 0.474. The average molecular weight is 440 g/mol. The fourth-order valence-corrected chi connectivity index (χ4v) is 4.40. The summed E-state index contributed by atoms with van der Waals surface area (Å²) in [5.74, 6) is 1.05. The Labute approximate surface area is 177 Å². The van der Waals surface area contributed by atoms with E-state index in [1.807, 2.05) is 24.2 Å². The van der Waals surface area contributed by atoms with Crippen molar-refractivity contribution in [1.29, 1.82) is 0 Å². The molecular formula is C19H26FN5O2S2. The zero-order chi connectivity index (χ0) is 21.0. The summed E-state index contributed by atoms with van der Waals surface area (Å²) in [7, 11) is 0. The number of thioether (sulfide) groups is 1. The van der Waals surface area contributed by atoms with Crippen molar-refractivity contribution < 1.29 is 13.7 Å². The van der Waals surface area contributed by atoms with Crippen LogP contribution in [0.2, 0.25) is 0 Å². The van der Waals surface area contributed by atoms with Gasteiger partial charge in [0.2, 0.25) is 0 Å². The van der Waals surface area contributed by atoms with E-state index in [1.165, 1.54) is 11.8 Å². The van der Waals surface area contributed by atoms with Crippen LogP contribution in [0.5, 0.6) is 0 Å². The number of aliphatic hydroxyl groups excluding tert-OH is 1. The minimum Gasteiger partial charge on any atom is -0.394 e. The van der Waals surface area contributed by atoms with Crippen LogP contribution in [0.4, 0.5) is 16.0 Å². The molecule has 0 saturated carbocycles. The van der Waals surface area contributed by atoms with Gasteiger partial charge in [-0.15, -0.1) is 0 Å². The Morgan fingerprint density at radius 3 is 2.69 bits per heavy atom. The number of aryl methyl sites for hydroxylation is 1. The summed E-state index contributed by atoms with van der Waals surface area (Å²) in [6, 6.07) is 6.95. The molecule has 29 heavy (non-hydrogen) atoms. The van der Waals surface area contributed by atoms with Crippen molar-refractivity contribution in [2.45, 2.75) is 43.6 Å². The second-order valence-electron chi connectivity index (χ2n) is 7.56. The number of rotatable bonds is 9. The summed E-state index contributed by atoms with van der Waals surface area (Å²) in [6.07, 6.45) is 1.03. The van der Waals surface area contributed by atoms with Gasteiger partial charge in [-0.05, 0) is 38.3 Å². The van der Waals surface area contributed by atoms with E-state index in [1.54, 1.807) is 25.1 Å². The highest BCUT2D eigenvalue weighted by molar-refractivity contribution is 7.98. The molecule has 1 saturated heterocycles. The summed E-state index contributed by atoms with van der Waals surface area (Å²) in [6.45, 7) is 6.89. The van der Waals surface area contributed by atoms with Gasteiger partial charge in [-0.25, -0.2) is 22.9 Å². The van der Waals surface area contributed by atoms with Crippen molar-refractivity contribution in [3.8, 4) is 0 Å². The molecule has 0 bridgehead atoms. The molecule has 2 aromatic rings. The number of aromatic nitrogens is 2. The first-order valence-corrected chi connectivity index (χ1v) is 11.4. The second kappa shape index (κ2) is 9.38. The number of anilines is 2. The number of halogens is 1. The van der Waals surface area contributed by atoms with Crippen LogP contribution < -0.4 is 10.0 Å². The minimum atomic E-state index is -1.37. The summed E-state index contributed by atoms with van der Waals surface area (Å²) in [5.41, 5.74) is 0.579. The van der Waals surface area contributed by atoms with Crippen LogP contribution >= 0.6 is 11.8 Å². The van der Waals surface area contributed by atoms with Gasteiger partial charge in [0.1, 0.15) is 17.5 Å². The first-order chi connectivity index (χ1) is 13.8. The number of nitrogens with zero attached hydrogens (tertiary/aromatic N) is 3. The van der Waals surface area contributed by atoms with Gasteiger partial charge in [-0.2, -0.15) is 0 Å². The highest BCUT2D eigenvalue weighted by atomic mass is 32.2. The lowest BCUT2D eigenvalue weighted by Gasteiger charge is -2.29. The van der Waals surface area contributed by atoms with Gasteiger partial charge in [-0.3, -0.25) is 4.72 Å². The van der Waals surface area contributed by atoms with Gasteiger partial charge < -0.3 is 10.4 Å². The first-order valence-electron chi connectivity index (χ1n) is 9.36. The van der Waals surface area contributed by atoms with Crippen LogP contribution in [0.15, 0.2) is 29.4 Å². The molecule has 3 rings (SSSR count). The van der Waals surface area contributed by atoms with Gasteiger partial charge in [-0.1, -0.05) is 30.0 Å². The molecule has 1 aliphatic rings. The SMILES string of the molecule is Cc1cccc(CSc2nc(NS(=O)N3CCC3)cc(NC(C)(C)CO)n2)c1F. The predicted molar refractivity (Wildman–Crippen MR) is 115 cm³/mol. The molecule has 0 aliphatic carbocycles. The normalized spacial score (nSPS) is 15.6. The largest absolute Gasteiger partial charge is 0.394 e. The number of benzene rings is 1. The van der Waals surface area contributed by atoms with E-state index in [-0.39, 0.29) is 12.4 Å². The summed E-state index contributed by atoms with van der Waals surface area (Å²) >= 11 is -0.0742. The molecular weight excluding hydrogens is 413 g/mol. The van der Waals surface area contributed by atoms with Crippen molar-refractivity contribution in [3.05, 3.63) is 41.2 Å². The molecule has 3 N–H and O–H groups in total. The standard InChI is InChI=1S/C19H26FN5O2S2/c1-13-6-4-7-14(17(13)20)11-28-18-21-15(23-19(2,3)12-26)10-16(22-18)24-29(27)25-8-5-9-25/h4,6-7,10,26H,5,8-9,11-12H2,1-3H3,(H2,21,22,23,24). The molecule has 1 aromatic heterocycles. The third-order valence-electron chi connectivity index (χ3n) is 4.44. The molecule has 1 unspecified atom stereocenters. The van der Waals surface area contributed by atoms with Crippen LogP contribution in [0.25, 0.3) is 0 Å². The van der Waals surface area contributed by atoms with Crippen molar-refractivity contribution >= 4 is 34.6 Å². The van der Waals surface area contributed by atoms with E-state index in [9.17, 15) is 13.7 Å². The van der Waals surface area contributed by atoms with E-state index in [0.29, 0.717) is 33.7 Å². The van der Waals surface area contributed by atoms with Crippen molar-refractivity contribution in [1.82, 2.24) is 14.3 Å². The maximum absolute atomic E-state index is 14.3. The topological polar surface area (TPSA) is 90.4 Å². The molecule has 1 aliphatic heterocycles. The second-order valence-corrected chi connectivity index (χ2v) is 9.72. The number of nitrogens with one attached hydrogen (secondary N) is 2. The van der Waals surface area contributed by atoms with Crippen molar-refractivity contribution in [2.24, 2.45) is 0 Å². The zero-order valence-corrected chi connectivity index (χ0v) is 18.4. The lowest BCUT2D eigenvalue weighted by molar-refractivity contribution is 0.234. The lowest BCUT2D eigenvalue weighted by Crippen LogP contribution is -2.41. The van der Waals surface area contributed by atoms with Crippen molar-refractivity contribution in [3.63, 3.8) is 0 Å². The Hall–Kier alpha value is -1.75. The van der Waals surface area contributed by atoms with Crippen LogP contribution in [0.3, 0.4) is 0 Å². The van der Waals surface area contributed by atoms with Crippen LogP contribution in [0.1, 0.15) is 31.4 Å². The Bertz CT molecular complexity index is 893. The van der Waals surface area contributed by atoms with E-state index < -0.39 is 16.7 Å². The highest BCUT2D eigenvalue weighted by Crippen LogP contribution is 2.26. The molecule has 1 atom stereocenters. The van der Waals surface area contributed by atoms with Gasteiger partial charge >= 0.3 is 0 Å². The van der Waals surface area contributed by atoms with Crippen LogP contribution in [0, 0.1) is 12.7 Å². The van der Waals surface area contributed by atoms with Gasteiger partial charge in [0, 0.05) is 24.9 Å². The maximum Gasteiger partial charge on any atom is 0.197 e. The Morgan fingerprint density at radius 1 is 1.31 bits per heavy atom. The molecule has 0 radical (unpaired) electrons. The number of aliphatic hydroxyl groups is 1. The zero-order valence-electron chi connectivity index (χ0n) is 16.7.